The molecule has 1 fully saturated rings. The van der Waals surface area contributed by atoms with Crippen molar-refractivity contribution in [2.24, 2.45) is 0 Å². The smallest absolute Gasteiger partial charge is 0.303 e. The molecule has 3 aliphatic rings. The lowest BCUT2D eigenvalue weighted by molar-refractivity contribution is -0.227. The van der Waals surface area contributed by atoms with Crippen molar-refractivity contribution in [2.45, 2.75) is 37.5 Å². The van der Waals surface area contributed by atoms with Gasteiger partial charge in [-0.1, -0.05) is 36.4 Å². The molecular weight excluding hydrogens is 522 g/mol. The van der Waals surface area contributed by atoms with Crippen molar-refractivity contribution in [1.82, 2.24) is 14.5 Å². The van der Waals surface area contributed by atoms with Gasteiger partial charge in [0.25, 0.3) is 11.8 Å². The van der Waals surface area contributed by atoms with Crippen LogP contribution in [0, 0.1) is 0 Å². The number of nitrogens with zero attached hydrogens (tertiary/aromatic N) is 2. The third kappa shape index (κ3) is 2.69. The fourth-order valence-corrected chi connectivity index (χ4v) is 7.38. The van der Waals surface area contributed by atoms with Crippen LogP contribution in [0.2, 0.25) is 0 Å². The summed E-state index contributed by atoms with van der Waals surface area (Å²) in [7, 11) is 1.55. The molecule has 0 radical (unpaired) electrons. The Morgan fingerprint density at radius 2 is 1.49 bits per heavy atom. The Balaban J connectivity index is 1.64. The molecule has 10 heteroatoms. The highest BCUT2D eigenvalue weighted by Crippen LogP contribution is 2.54. The summed E-state index contributed by atoms with van der Waals surface area (Å²) < 4.78 is 22.8. The van der Waals surface area contributed by atoms with Crippen molar-refractivity contribution in [3.05, 3.63) is 59.7 Å². The monoisotopic (exact) mass is 543 g/mol. The average molecular weight is 544 g/mol. The molecule has 5 heterocycles. The normalized spacial score (nSPS) is 25.6. The van der Waals surface area contributed by atoms with Gasteiger partial charge in [0.05, 0.1) is 33.6 Å². The minimum atomic E-state index is -0.748. The Labute approximate surface area is 226 Å². The maximum atomic E-state index is 13.3. The highest BCUT2D eigenvalue weighted by atomic mass is 35.5. The number of ether oxygens (including phenoxy) is 3. The fraction of sp³-hybridized carbons (Fsp3) is 0.276. The van der Waals surface area contributed by atoms with Gasteiger partial charge in [-0.25, -0.2) is 0 Å². The third-order valence-corrected chi connectivity index (χ3v) is 8.69. The van der Waals surface area contributed by atoms with Gasteiger partial charge in [-0.15, -0.1) is 11.6 Å². The number of hydrogen-bond acceptors (Lipinski definition) is 6. The number of amides is 2. The predicted octanol–water partition coefficient (Wildman–Crippen LogP) is 4.42. The molecule has 5 aromatic rings. The minimum Gasteiger partial charge on any atom is -0.457 e. The number of halogens is 1. The van der Waals surface area contributed by atoms with E-state index < -0.39 is 48.4 Å². The van der Waals surface area contributed by atoms with Crippen LogP contribution in [-0.4, -0.2) is 58.2 Å². The molecule has 2 amide bonds. The van der Waals surface area contributed by atoms with Gasteiger partial charge in [0.15, 0.2) is 12.3 Å². The van der Waals surface area contributed by atoms with Crippen molar-refractivity contribution in [2.75, 3.05) is 13.0 Å². The molecule has 1 saturated heterocycles. The Hall–Kier alpha value is -3.92. The SMILES string of the molecule is CO[C@H]1[C@H](OC(C)=O)[C@H]2[C@@H](O[C@@H]1CCl)n1c3ccccc3c3c4c(c5c6ccccc6n2c5c31)C(=O)NC4=O. The van der Waals surface area contributed by atoms with Crippen molar-refractivity contribution >= 4 is 73.0 Å². The Bertz CT molecular complexity index is 1940. The molecule has 0 saturated carbocycles. The average Bonchev–Trinajstić information content (AvgIpc) is 3.55. The number of hydrogen-bond donors (Lipinski definition) is 1. The zero-order chi connectivity index (χ0) is 26.7. The van der Waals surface area contributed by atoms with Crippen molar-refractivity contribution in [1.29, 1.82) is 0 Å². The standard InChI is InChI=1S/C29H22ClN3O6/c1-12(34)38-26-24-29(39-17(11-30)25(26)37-2)33-16-10-6-4-8-14(16)19-21-20(27(35)31-28(21)36)18-13-7-3-5-9-15(13)32(24)22(18)23(19)33/h3-10,17,24-26,29H,11H2,1-2H3,(H,31,35,36)/t17-,24+,25-,26-,29-/m1/s1. The number of imide groups is 1. The molecule has 1 N–H and O–H groups in total. The van der Waals surface area contributed by atoms with Gasteiger partial charge >= 0.3 is 5.97 Å². The van der Waals surface area contributed by atoms with E-state index in [0.29, 0.717) is 21.9 Å². The van der Waals surface area contributed by atoms with Crippen LogP contribution >= 0.6 is 11.6 Å². The number of methoxy groups -OCH3 is 1. The molecule has 3 aliphatic heterocycles. The summed E-state index contributed by atoms with van der Waals surface area (Å²) in [4.78, 5) is 39.1. The van der Waals surface area contributed by atoms with E-state index >= 15 is 0 Å². The van der Waals surface area contributed by atoms with Gasteiger partial charge < -0.3 is 23.3 Å². The van der Waals surface area contributed by atoms with E-state index in [1.54, 1.807) is 7.11 Å². The Morgan fingerprint density at radius 3 is 2.05 bits per heavy atom. The Kier molecular flexibility index (Phi) is 4.61. The van der Waals surface area contributed by atoms with Crippen LogP contribution < -0.4 is 5.32 Å². The first-order chi connectivity index (χ1) is 19.0. The van der Waals surface area contributed by atoms with Gasteiger partial charge in [-0.2, -0.15) is 0 Å². The van der Waals surface area contributed by atoms with Gasteiger partial charge in [0.1, 0.15) is 18.2 Å². The maximum absolute atomic E-state index is 13.3. The highest BCUT2D eigenvalue weighted by Gasteiger charge is 2.53. The van der Waals surface area contributed by atoms with Crippen LogP contribution in [0.25, 0.3) is 43.6 Å². The summed E-state index contributed by atoms with van der Waals surface area (Å²) >= 11 is 6.40. The molecule has 0 spiro atoms. The molecule has 0 bridgehead atoms. The largest absolute Gasteiger partial charge is 0.457 e. The van der Waals surface area contributed by atoms with Gasteiger partial charge in [0, 0.05) is 41.1 Å². The van der Waals surface area contributed by atoms with Crippen molar-refractivity contribution in [3.8, 4) is 0 Å². The number of aromatic nitrogens is 2. The minimum absolute atomic E-state index is 0.123. The van der Waals surface area contributed by atoms with Crippen LogP contribution in [-0.2, 0) is 19.0 Å². The van der Waals surface area contributed by atoms with E-state index in [2.05, 4.69) is 14.5 Å². The molecule has 196 valence electrons. The van der Waals surface area contributed by atoms with E-state index in [0.717, 1.165) is 32.8 Å². The summed E-state index contributed by atoms with van der Waals surface area (Å²) in [6.07, 6.45) is -2.60. The van der Waals surface area contributed by atoms with Crippen LogP contribution in [0.5, 0.6) is 0 Å². The molecule has 2 aromatic heterocycles. The molecule has 0 unspecified atom stereocenters. The second-order valence-electron chi connectivity index (χ2n) is 10.2. The number of fused-ring (bicyclic) bond motifs is 12. The fourth-order valence-electron chi connectivity index (χ4n) is 7.14. The zero-order valence-electron chi connectivity index (χ0n) is 20.9. The number of nitrogens with one attached hydrogen (secondary N) is 1. The number of esters is 1. The lowest BCUT2D eigenvalue weighted by Gasteiger charge is -2.48. The lowest BCUT2D eigenvalue weighted by Crippen LogP contribution is -2.56. The molecule has 3 aromatic carbocycles. The van der Waals surface area contributed by atoms with E-state index in [1.807, 2.05) is 48.5 Å². The molecule has 5 atom stereocenters. The number of carbonyl (C=O) groups is 3. The second kappa shape index (κ2) is 7.81. The first-order valence-corrected chi connectivity index (χ1v) is 13.3. The Morgan fingerprint density at radius 1 is 0.923 bits per heavy atom. The van der Waals surface area contributed by atoms with E-state index in [-0.39, 0.29) is 5.88 Å². The summed E-state index contributed by atoms with van der Waals surface area (Å²) in [5.41, 5.74) is 3.98. The molecule has 9 nitrogen and oxygen atoms in total. The predicted molar refractivity (Wildman–Crippen MR) is 144 cm³/mol. The number of alkyl halides is 1. The summed E-state index contributed by atoms with van der Waals surface area (Å²) in [5.74, 6) is -1.17. The lowest BCUT2D eigenvalue weighted by atomic mass is 9.92. The highest BCUT2D eigenvalue weighted by molar-refractivity contribution is 6.39. The number of benzene rings is 3. The first-order valence-electron chi connectivity index (χ1n) is 12.7. The second-order valence-corrected chi connectivity index (χ2v) is 10.5. The summed E-state index contributed by atoms with van der Waals surface area (Å²) in [6, 6.07) is 15.0. The van der Waals surface area contributed by atoms with E-state index in [4.69, 9.17) is 25.8 Å². The molecule has 0 aliphatic carbocycles. The molecule has 39 heavy (non-hydrogen) atoms. The number of para-hydroxylation sites is 2. The maximum Gasteiger partial charge on any atom is 0.303 e. The van der Waals surface area contributed by atoms with Crippen molar-refractivity contribution < 1.29 is 28.6 Å². The van der Waals surface area contributed by atoms with Gasteiger partial charge in [0.2, 0.25) is 0 Å². The van der Waals surface area contributed by atoms with E-state index in [1.165, 1.54) is 6.92 Å². The van der Waals surface area contributed by atoms with Crippen LogP contribution in [0.1, 0.15) is 39.9 Å². The summed E-state index contributed by atoms with van der Waals surface area (Å²) in [6.45, 7) is 1.37. The van der Waals surface area contributed by atoms with Gasteiger partial charge in [-0.3, -0.25) is 19.7 Å². The van der Waals surface area contributed by atoms with E-state index in [9.17, 15) is 14.4 Å². The molecular formula is C29H22ClN3O6. The van der Waals surface area contributed by atoms with Crippen LogP contribution in [0.15, 0.2) is 48.5 Å². The summed E-state index contributed by atoms with van der Waals surface area (Å²) in [5, 5.41) is 5.57. The number of rotatable bonds is 3. The molecule has 8 rings (SSSR count). The van der Waals surface area contributed by atoms with Gasteiger partial charge in [-0.05, 0) is 12.1 Å². The van der Waals surface area contributed by atoms with Crippen LogP contribution in [0.3, 0.4) is 0 Å². The first kappa shape index (κ1) is 23.0. The topological polar surface area (TPSA) is 101 Å². The number of carbonyl (C=O) groups excluding carboxylic acids is 3. The third-order valence-electron chi connectivity index (χ3n) is 8.39. The quantitative estimate of drug-likeness (QED) is 0.205. The zero-order valence-corrected chi connectivity index (χ0v) is 21.7. The van der Waals surface area contributed by atoms with Crippen LogP contribution in [0.4, 0.5) is 0 Å². The van der Waals surface area contributed by atoms with Crippen molar-refractivity contribution in [3.63, 3.8) is 0 Å².